The number of carbonyl (C=O) groups excluding carboxylic acids is 1. The van der Waals surface area contributed by atoms with Crippen molar-refractivity contribution in [1.29, 1.82) is 0 Å². The van der Waals surface area contributed by atoms with Crippen LogP contribution >= 0.6 is 0 Å². The van der Waals surface area contributed by atoms with Crippen molar-refractivity contribution in [2.24, 2.45) is 5.92 Å². The van der Waals surface area contributed by atoms with Crippen molar-refractivity contribution in [3.63, 3.8) is 0 Å². The van der Waals surface area contributed by atoms with Gasteiger partial charge in [-0.05, 0) is 43.7 Å². The van der Waals surface area contributed by atoms with Crippen molar-refractivity contribution in [2.75, 3.05) is 43.9 Å². The molecule has 0 N–H and O–H groups in total. The predicted molar refractivity (Wildman–Crippen MR) is 102 cm³/mol. The maximum Gasteiger partial charge on any atom is 0.256 e. The van der Waals surface area contributed by atoms with Crippen LogP contribution in [0.1, 0.15) is 36.0 Å². The zero-order chi connectivity index (χ0) is 18.3. The number of sulfonamides is 1. The first kappa shape index (κ1) is 17.8. The fourth-order valence-electron chi connectivity index (χ4n) is 4.60. The van der Waals surface area contributed by atoms with Crippen LogP contribution < -0.4 is 4.90 Å². The molecule has 0 unspecified atom stereocenters. The van der Waals surface area contributed by atoms with Crippen LogP contribution in [0.5, 0.6) is 0 Å². The van der Waals surface area contributed by atoms with Crippen LogP contribution in [0.25, 0.3) is 0 Å². The van der Waals surface area contributed by atoms with Crippen LogP contribution in [-0.4, -0.2) is 68.6 Å². The zero-order valence-corrected chi connectivity index (χ0v) is 16.1. The monoisotopic (exact) mass is 377 g/mol. The molecule has 4 saturated heterocycles. The summed E-state index contributed by atoms with van der Waals surface area (Å²) in [5.74, 6) is 0.281. The molecule has 4 heterocycles. The number of hydrogen-bond donors (Lipinski definition) is 0. The molecule has 0 radical (unpaired) electrons. The molecule has 1 amide bonds. The number of carbonyl (C=O) groups is 1. The van der Waals surface area contributed by atoms with E-state index in [-0.39, 0.29) is 17.9 Å². The second-order valence-electron chi connectivity index (χ2n) is 7.85. The lowest BCUT2D eigenvalue weighted by molar-refractivity contribution is 0.0589. The number of nitrogens with zero attached hydrogens (tertiary/aromatic N) is 3. The van der Waals surface area contributed by atoms with E-state index < -0.39 is 10.0 Å². The van der Waals surface area contributed by atoms with Gasteiger partial charge in [-0.2, -0.15) is 4.31 Å². The number of benzene rings is 1. The molecule has 4 aliphatic rings. The Morgan fingerprint density at radius 1 is 1.04 bits per heavy atom. The van der Waals surface area contributed by atoms with Gasteiger partial charge in [0, 0.05) is 44.5 Å². The molecule has 6 nitrogen and oxygen atoms in total. The van der Waals surface area contributed by atoms with Gasteiger partial charge in [-0.3, -0.25) is 4.79 Å². The van der Waals surface area contributed by atoms with Gasteiger partial charge in [0.05, 0.1) is 11.8 Å². The first-order valence-corrected chi connectivity index (χ1v) is 11.4. The zero-order valence-electron chi connectivity index (χ0n) is 15.3. The molecule has 0 saturated carbocycles. The number of fused-ring (bicyclic) bond motifs is 4. The van der Waals surface area contributed by atoms with Crippen molar-refractivity contribution < 1.29 is 13.2 Å². The van der Waals surface area contributed by atoms with Gasteiger partial charge in [-0.25, -0.2) is 8.42 Å². The van der Waals surface area contributed by atoms with Gasteiger partial charge in [-0.1, -0.05) is 12.1 Å². The van der Waals surface area contributed by atoms with Gasteiger partial charge in [-0.15, -0.1) is 0 Å². The predicted octanol–water partition coefficient (Wildman–Crippen LogP) is 1.78. The van der Waals surface area contributed by atoms with Crippen LogP contribution in [0.2, 0.25) is 0 Å². The number of rotatable bonds is 3. The molecule has 0 aromatic heterocycles. The Labute approximate surface area is 155 Å². The Morgan fingerprint density at radius 3 is 2.50 bits per heavy atom. The largest absolute Gasteiger partial charge is 0.371 e. The van der Waals surface area contributed by atoms with Gasteiger partial charge < -0.3 is 9.80 Å². The molecule has 142 valence electrons. The summed E-state index contributed by atoms with van der Waals surface area (Å²) in [6.45, 7) is 3.61. The van der Waals surface area contributed by atoms with E-state index >= 15 is 0 Å². The lowest BCUT2D eigenvalue weighted by Crippen LogP contribution is -2.48. The molecule has 5 rings (SSSR count). The average Bonchev–Trinajstić information content (AvgIpc) is 2.99. The second-order valence-corrected chi connectivity index (χ2v) is 9.83. The van der Waals surface area contributed by atoms with E-state index in [4.69, 9.17) is 0 Å². The Morgan fingerprint density at radius 2 is 1.77 bits per heavy atom. The van der Waals surface area contributed by atoms with E-state index in [1.807, 2.05) is 29.2 Å². The van der Waals surface area contributed by atoms with Gasteiger partial charge in [0.2, 0.25) is 10.0 Å². The lowest BCUT2D eigenvalue weighted by Gasteiger charge is -2.37. The Balaban J connectivity index is 1.61. The van der Waals surface area contributed by atoms with E-state index in [0.29, 0.717) is 19.6 Å². The number of anilines is 1. The molecule has 2 atom stereocenters. The third-order valence-electron chi connectivity index (χ3n) is 5.99. The van der Waals surface area contributed by atoms with Crippen molar-refractivity contribution >= 4 is 21.6 Å². The van der Waals surface area contributed by atoms with E-state index in [2.05, 4.69) is 4.90 Å². The minimum atomic E-state index is -3.22. The van der Waals surface area contributed by atoms with Crippen LogP contribution in [0, 0.1) is 5.92 Å². The lowest BCUT2D eigenvalue weighted by atomic mass is 9.94. The minimum absolute atomic E-state index is 0.0254. The van der Waals surface area contributed by atoms with Gasteiger partial charge in [0.25, 0.3) is 5.91 Å². The summed E-state index contributed by atoms with van der Waals surface area (Å²) in [5, 5.41) is 0. The van der Waals surface area contributed by atoms with Crippen molar-refractivity contribution in [3.05, 3.63) is 29.8 Å². The summed E-state index contributed by atoms with van der Waals surface area (Å²) in [7, 11) is -3.22. The number of amides is 1. The molecule has 1 aromatic carbocycles. The smallest absolute Gasteiger partial charge is 0.256 e. The highest BCUT2D eigenvalue weighted by atomic mass is 32.2. The van der Waals surface area contributed by atoms with Crippen LogP contribution in [-0.2, 0) is 10.0 Å². The molecule has 1 aromatic rings. The van der Waals surface area contributed by atoms with Crippen LogP contribution in [0.4, 0.5) is 5.69 Å². The van der Waals surface area contributed by atoms with E-state index in [1.54, 1.807) is 4.31 Å². The Bertz CT molecular complexity index is 789. The average molecular weight is 378 g/mol. The molecule has 7 heteroatoms. The van der Waals surface area contributed by atoms with Gasteiger partial charge >= 0.3 is 0 Å². The summed E-state index contributed by atoms with van der Waals surface area (Å²) in [5.41, 5.74) is 1.78. The third kappa shape index (κ3) is 3.34. The molecule has 2 bridgehead atoms. The van der Waals surface area contributed by atoms with E-state index in [1.165, 1.54) is 19.1 Å². The molecular weight excluding hydrogens is 350 g/mol. The summed E-state index contributed by atoms with van der Waals surface area (Å²) >= 11 is 0. The summed E-state index contributed by atoms with van der Waals surface area (Å²) < 4.78 is 25.7. The quantitative estimate of drug-likeness (QED) is 0.806. The third-order valence-corrected chi connectivity index (χ3v) is 7.23. The fraction of sp³-hybridized carbons (Fsp3) is 0.632. The van der Waals surface area contributed by atoms with Crippen molar-refractivity contribution in [2.45, 2.75) is 31.7 Å². The maximum absolute atomic E-state index is 13.4. The van der Waals surface area contributed by atoms with Gasteiger partial charge in [0.1, 0.15) is 0 Å². The second kappa shape index (κ2) is 6.85. The topological polar surface area (TPSA) is 60.9 Å². The van der Waals surface area contributed by atoms with E-state index in [9.17, 15) is 13.2 Å². The fourth-order valence-corrected chi connectivity index (χ4v) is 5.53. The SMILES string of the molecule is CS(=O)(=O)N1C[C@H]2CC[C@@H](C1)N(C(=O)c1ccccc1N1CCCC1)C2. The van der Waals surface area contributed by atoms with Crippen LogP contribution in [0.3, 0.4) is 0 Å². The molecule has 4 aliphatic heterocycles. The first-order valence-electron chi connectivity index (χ1n) is 9.53. The van der Waals surface area contributed by atoms with Crippen molar-refractivity contribution in [3.8, 4) is 0 Å². The Hall–Kier alpha value is -1.60. The highest BCUT2D eigenvalue weighted by molar-refractivity contribution is 7.88. The highest BCUT2D eigenvalue weighted by Crippen LogP contribution is 2.32. The number of piperidine rings is 1. The molecule has 0 spiro atoms. The Kier molecular flexibility index (Phi) is 4.69. The highest BCUT2D eigenvalue weighted by Gasteiger charge is 2.40. The van der Waals surface area contributed by atoms with Crippen molar-refractivity contribution in [1.82, 2.24) is 9.21 Å². The molecule has 0 aliphatic carbocycles. The minimum Gasteiger partial charge on any atom is -0.371 e. The summed E-state index contributed by atoms with van der Waals surface area (Å²) in [6.07, 6.45) is 5.48. The first-order chi connectivity index (χ1) is 12.4. The molecule has 26 heavy (non-hydrogen) atoms. The normalized spacial score (nSPS) is 27.0. The van der Waals surface area contributed by atoms with E-state index in [0.717, 1.165) is 37.2 Å². The summed E-state index contributed by atoms with van der Waals surface area (Å²) in [6, 6.07) is 7.85. The maximum atomic E-state index is 13.4. The van der Waals surface area contributed by atoms with Gasteiger partial charge in [0.15, 0.2) is 0 Å². The number of para-hydroxylation sites is 1. The summed E-state index contributed by atoms with van der Waals surface area (Å²) in [4.78, 5) is 17.6. The van der Waals surface area contributed by atoms with Crippen LogP contribution in [0.15, 0.2) is 24.3 Å². The molecular formula is C19H27N3O3S. The molecule has 4 fully saturated rings. The standard InChI is InChI=1S/C19H27N3O3S/c1-26(24,25)21-12-15-8-9-16(14-21)22(13-15)19(23)17-6-2-3-7-18(17)20-10-4-5-11-20/h2-3,6-7,15-16H,4-5,8-14H2,1H3/t15-,16+/m1/s1. The number of hydrogen-bond acceptors (Lipinski definition) is 4.